The molecule has 0 aromatic rings. The van der Waals surface area contributed by atoms with Crippen LogP contribution in [0.15, 0.2) is 0 Å². The molecule has 1 aliphatic rings. The van der Waals surface area contributed by atoms with Crippen LogP contribution in [0.25, 0.3) is 0 Å². The van der Waals surface area contributed by atoms with Crippen molar-refractivity contribution in [3.63, 3.8) is 0 Å². The normalized spacial score (nSPS) is 28.6. The van der Waals surface area contributed by atoms with Crippen LogP contribution in [-0.2, 0) is 4.74 Å². The van der Waals surface area contributed by atoms with E-state index < -0.39 is 0 Å². The molecule has 0 aromatic carbocycles. The van der Waals surface area contributed by atoms with E-state index in [0.717, 1.165) is 19.1 Å². The Hall–Kier alpha value is -0.120. The molecule has 3 heteroatoms. The molecule has 2 N–H and O–H groups in total. The molecule has 3 unspecified atom stereocenters. The minimum absolute atomic E-state index is 0.450. The van der Waals surface area contributed by atoms with Crippen molar-refractivity contribution in [1.82, 2.24) is 4.90 Å². The molecule has 1 rings (SSSR count). The van der Waals surface area contributed by atoms with Crippen molar-refractivity contribution in [1.29, 1.82) is 0 Å². The Morgan fingerprint density at radius 1 is 1.47 bits per heavy atom. The first kappa shape index (κ1) is 12.9. The molecule has 90 valence electrons. The van der Waals surface area contributed by atoms with Crippen LogP contribution in [0.2, 0.25) is 0 Å². The van der Waals surface area contributed by atoms with Gasteiger partial charge in [0.25, 0.3) is 0 Å². The van der Waals surface area contributed by atoms with Gasteiger partial charge in [-0.2, -0.15) is 0 Å². The Balaban J connectivity index is 2.32. The number of rotatable bonds is 6. The van der Waals surface area contributed by atoms with Gasteiger partial charge in [0.2, 0.25) is 0 Å². The van der Waals surface area contributed by atoms with E-state index >= 15 is 0 Å². The zero-order valence-electron chi connectivity index (χ0n) is 10.4. The van der Waals surface area contributed by atoms with Crippen LogP contribution in [0.4, 0.5) is 0 Å². The van der Waals surface area contributed by atoms with Crippen molar-refractivity contribution in [2.45, 2.75) is 45.2 Å². The summed E-state index contributed by atoms with van der Waals surface area (Å²) in [6, 6.07) is 0.975. The summed E-state index contributed by atoms with van der Waals surface area (Å²) >= 11 is 0. The smallest absolute Gasteiger partial charge is 0.0615 e. The topological polar surface area (TPSA) is 38.5 Å². The maximum atomic E-state index is 5.93. The quantitative estimate of drug-likeness (QED) is 0.727. The van der Waals surface area contributed by atoms with Crippen molar-refractivity contribution >= 4 is 0 Å². The SMILES string of the molecule is CCN(CC1CCC(N)C1)C(C)COC. The van der Waals surface area contributed by atoms with E-state index in [1.807, 2.05) is 0 Å². The molecule has 0 aliphatic heterocycles. The average molecular weight is 214 g/mol. The molecular formula is C12H26N2O. The molecule has 0 heterocycles. The molecule has 1 saturated carbocycles. The summed E-state index contributed by atoms with van der Waals surface area (Å²) in [5.74, 6) is 0.805. The van der Waals surface area contributed by atoms with Gasteiger partial charge in [-0.05, 0) is 38.6 Å². The predicted octanol–water partition coefficient (Wildman–Crippen LogP) is 1.47. The second kappa shape index (κ2) is 6.46. The van der Waals surface area contributed by atoms with Crippen LogP contribution in [0, 0.1) is 5.92 Å². The summed E-state index contributed by atoms with van der Waals surface area (Å²) in [6.07, 6.45) is 3.72. The van der Waals surface area contributed by atoms with Gasteiger partial charge < -0.3 is 10.5 Å². The number of hydrogen-bond donors (Lipinski definition) is 1. The number of methoxy groups -OCH3 is 1. The van der Waals surface area contributed by atoms with Crippen LogP contribution in [0.1, 0.15) is 33.1 Å². The van der Waals surface area contributed by atoms with Gasteiger partial charge in [-0.15, -0.1) is 0 Å². The third-order valence-electron chi connectivity index (χ3n) is 3.51. The van der Waals surface area contributed by atoms with Gasteiger partial charge in [-0.25, -0.2) is 0 Å². The average Bonchev–Trinajstić information content (AvgIpc) is 2.61. The second-order valence-electron chi connectivity index (χ2n) is 4.83. The molecule has 0 radical (unpaired) electrons. The number of nitrogens with two attached hydrogens (primary N) is 1. The van der Waals surface area contributed by atoms with E-state index in [2.05, 4.69) is 18.7 Å². The Kier molecular flexibility index (Phi) is 5.58. The molecule has 3 atom stereocenters. The summed E-state index contributed by atoms with van der Waals surface area (Å²) in [6.45, 7) is 7.58. The van der Waals surface area contributed by atoms with Gasteiger partial charge in [0.1, 0.15) is 0 Å². The summed E-state index contributed by atoms with van der Waals surface area (Å²) in [5.41, 5.74) is 5.93. The lowest BCUT2D eigenvalue weighted by atomic mass is 10.1. The molecule has 15 heavy (non-hydrogen) atoms. The highest BCUT2D eigenvalue weighted by Gasteiger charge is 2.24. The van der Waals surface area contributed by atoms with Gasteiger partial charge in [0.05, 0.1) is 6.61 Å². The van der Waals surface area contributed by atoms with E-state index in [0.29, 0.717) is 12.1 Å². The molecule has 1 fully saturated rings. The molecule has 0 saturated heterocycles. The zero-order chi connectivity index (χ0) is 11.3. The number of ether oxygens (including phenoxy) is 1. The lowest BCUT2D eigenvalue weighted by molar-refractivity contribution is 0.0920. The van der Waals surface area contributed by atoms with Crippen LogP contribution in [0.3, 0.4) is 0 Å². The van der Waals surface area contributed by atoms with Crippen molar-refractivity contribution in [3.05, 3.63) is 0 Å². The molecule has 3 nitrogen and oxygen atoms in total. The standard InChI is InChI=1S/C12H26N2O/c1-4-14(10(2)9-15-3)8-11-5-6-12(13)7-11/h10-12H,4-9,13H2,1-3H3. The van der Waals surface area contributed by atoms with Crippen molar-refractivity contribution in [2.75, 3.05) is 26.8 Å². The van der Waals surface area contributed by atoms with E-state index in [1.165, 1.54) is 25.8 Å². The zero-order valence-corrected chi connectivity index (χ0v) is 10.4. The predicted molar refractivity (Wildman–Crippen MR) is 63.9 cm³/mol. The Labute approximate surface area is 94.0 Å². The third-order valence-corrected chi connectivity index (χ3v) is 3.51. The Bertz CT molecular complexity index is 175. The van der Waals surface area contributed by atoms with Crippen molar-refractivity contribution in [2.24, 2.45) is 11.7 Å². The largest absolute Gasteiger partial charge is 0.383 e. The minimum Gasteiger partial charge on any atom is -0.383 e. The highest BCUT2D eigenvalue weighted by atomic mass is 16.5. The summed E-state index contributed by atoms with van der Waals surface area (Å²) < 4.78 is 5.21. The maximum Gasteiger partial charge on any atom is 0.0615 e. The monoisotopic (exact) mass is 214 g/mol. The first-order valence-electron chi connectivity index (χ1n) is 6.15. The molecule has 0 spiro atoms. The number of likely N-dealkylation sites (N-methyl/N-ethyl adjacent to an activating group) is 1. The summed E-state index contributed by atoms with van der Waals surface area (Å²) in [4.78, 5) is 2.51. The lowest BCUT2D eigenvalue weighted by Gasteiger charge is -2.29. The highest BCUT2D eigenvalue weighted by Crippen LogP contribution is 2.25. The third kappa shape index (κ3) is 4.09. The number of hydrogen-bond acceptors (Lipinski definition) is 3. The van der Waals surface area contributed by atoms with Crippen LogP contribution < -0.4 is 5.73 Å². The summed E-state index contributed by atoms with van der Waals surface area (Å²) in [5, 5.41) is 0. The van der Waals surface area contributed by atoms with Gasteiger partial charge in [-0.3, -0.25) is 4.90 Å². The fraction of sp³-hybridized carbons (Fsp3) is 1.00. The summed E-state index contributed by atoms with van der Waals surface area (Å²) in [7, 11) is 1.77. The maximum absolute atomic E-state index is 5.93. The van der Waals surface area contributed by atoms with E-state index in [1.54, 1.807) is 7.11 Å². The van der Waals surface area contributed by atoms with Crippen LogP contribution >= 0.6 is 0 Å². The minimum atomic E-state index is 0.450. The van der Waals surface area contributed by atoms with Gasteiger partial charge >= 0.3 is 0 Å². The van der Waals surface area contributed by atoms with Crippen molar-refractivity contribution < 1.29 is 4.74 Å². The molecule has 0 amide bonds. The first-order chi connectivity index (χ1) is 7.17. The second-order valence-corrected chi connectivity index (χ2v) is 4.83. The highest BCUT2D eigenvalue weighted by molar-refractivity contribution is 4.81. The Morgan fingerprint density at radius 2 is 2.20 bits per heavy atom. The van der Waals surface area contributed by atoms with Crippen molar-refractivity contribution in [3.8, 4) is 0 Å². The number of nitrogens with zero attached hydrogens (tertiary/aromatic N) is 1. The Morgan fingerprint density at radius 3 is 2.67 bits per heavy atom. The molecule has 0 aromatic heterocycles. The van der Waals surface area contributed by atoms with Gasteiger partial charge in [-0.1, -0.05) is 6.92 Å². The van der Waals surface area contributed by atoms with Crippen LogP contribution in [0.5, 0.6) is 0 Å². The fourth-order valence-electron chi connectivity index (χ4n) is 2.58. The van der Waals surface area contributed by atoms with Gasteiger partial charge in [0, 0.05) is 25.7 Å². The molecule has 0 bridgehead atoms. The van der Waals surface area contributed by atoms with E-state index in [-0.39, 0.29) is 0 Å². The van der Waals surface area contributed by atoms with Crippen LogP contribution in [-0.4, -0.2) is 43.8 Å². The van der Waals surface area contributed by atoms with Gasteiger partial charge in [0.15, 0.2) is 0 Å². The first-order valence-corrected chi connectivity index (χ1v) is 6.15. The lowest BCUT2D eigenvalue weighted by Crippen LogP contribution is -2.39. The fourth-order valence-corrected chi connectivity index (χ4v) is 2.58. The molecule has 1 aliphatic carbocycles. The van der Waals surface area contributed by atoms with E-state index in [4.69, 9.17) is 10.5 Å². The van der Waals surface area contributed by atoms with E-state index in [9.17, 15) is 0 Å². The molecular weight excluding hydrogens is 188 g/mol.